The van der Waals surface area contributed by atoms with Crippen LogP contribution in [0.25, 0.3) is 5.52 Å². The van der Waals surface area contributed by atoms with E-state index in [2.05, 4.69) is 4.98 Å². The third-order valence-electron chi connectivity index (χ3n) is 2.60. The normalized spacial score (nSPS) is 12.6. The molecule has 0 bridgehead atoms. The van der Waals surface area contributed by atoms with Crippen LogP contribution >= 0.6 is 0 Å². The Balaban J connectivity index is 2.62. The highest BCUT2D eigenvalue weighted by atomic mass is 16.4. The quantitative estimate of drug-likeness (QED) is 0.807. The van der Waals surface area contributed by atoms with Crippen LogP contribution in [-0.4, -0.2) is 34.6 Å². The summed E-state index contributed by atoms with van der Waals surface area (Å²) in [5.41, 5.74) is 6.68. The van der Waals surface area contributed by atoms with E-state index in [4.69, 9.17) is 10.8 Å². The molecule has 0 radical (unpaired) electrons. The van der Waals surface area contributed by atoms with Gasteiger partial charge in [-0.1, -0.05) is 6.07 Å². The monoisotopic (exact) mass is 234 g/mol. The Morgan fingerprint density at radius 1 is 1.53 bits per heavy atom. The summed E-state index contributed by atoms with van der Waals surface area (Å²) in [7, 11) is 3.82. The molecule has 17 heavy (non-hydrogen) atoms. The molecule has 0 fully saturated rings. The second-order valence-electron chi connectivity index (χ2n) is 3.98. The second-order valence-corrected chi connectivity index (χ2v) is 3.98. The maximum absolute atomic E-state index is 10.9. The average molecular weight is 234 g/mol. The first kappa shape index (κ1) is 11.4. The molecule has 0 spiro atoms. The Morgan fingerprint density at radius 3 is 2.82 bits per heavy atom. The number of aliphatic carboxylic acids is 1. The fourth-order valence-corrected chi connectivity index (χ4v) is 1.75. The Bertz CT molecular complexity index is 562. The molecular weight excluding hydrogens is 220 g/mol. The number of fused-ring (bicyclic) bond motifs is 1. The SMILES string of the molecule is CN(C)c1cccc2c(C(N)C(=O)O)ncn12. The van der Waals surface area contributed by atoms with Gasteiger partial charge in [0.15, 0.2) is 0 Å². The van der Waals surface area contributed by atoms with Gasteiger partial charge in [0, 0.05) is 14.1 Å². The summed E-state index contributed by atoms with van der Waals surface area (Å²) in [5.74, 6) is -0.167. The number of hydrogen-bond acceptors (Lipinski definition) is 4. The van der Waals surface area contributed by atoms with Crippen molar-refractivity contribution in [1.29, 1.82) is 0 Å². The van der Waals surface area contributed by atoms with E-state index in [-0.39, 0.29) is 0 Å². The van der Waals surface area contributed by atoms with E-state index >= 15 is 0 Å². The van der Waals surface area contributed by atoms with Crippen LogP contribution in [0, 0.1) is 0 Å². The topological polar surface area (TPSA) is 83.9 Å². The molecule has 2 aromatic rings. The van der Waals surface area contributed by atoms with Crippen LogP contribution < -0.4 is 10.6 Å². The van der Waals surface area contributed by atoms with Crippen molar-refractivity contribution in [2.75, 3.05) is 19.0 Å². The maximum atomic E-state index is 10.9. The van der Waals surface area contributed by atoms with Crippen LogP contribution in [0.15, 0.2) is 24.5 Å². The Labute approximate surface area is 98.3 Å². The molecule has 1 unspecified atom stereocenters. The summed E-state index contributed by atoms with van der Waals surface area (Å²) in [4.78, 5) is 16.9. The number of pyridine rings is 1. The first-order valence-corrected chi connectivity index (χ1v) is 5.14. The van der Waals surface area contributed by atoms with E-state index in [1.54, 1.807) is 12.4 Å². The van der Waals surface area contributed by atoms with Crippen LogP contribution in [0.3, 0.4) is 0 Å². The van der Waals surface area contributed by atoms with Gasteiger partial charge in [0.05, 0.1) is 11.2 Å². The maximum Gasteiger partial charge on any atom is 0.326 e. The number of rotatable bonds is 3. The number of aromatic nitrogens is 2. The zero-order chi connectivity index (χ0) is 12.6. The lowest BCUT2D eigenvalue weighted by Crippen LogP contribution is -2.21. The summed E-state index contributed by atoms with van der Waals surface area (Å²) in [6.07, 6.45) is 1.59. The smallest absolute Gasteiger partial charge is 0.326 e. The molecule has 2 aromatic heterocycles. The van der Waals surface area contributed by atoms with E-state index in [0.717, 1.165) is 5.82 Å². The predicted octanol–water partition coefficient (Wildman–Crippen LogP) is 0.485. The Kier molecular flexibility index (Phi) is 2.72. The summed E-state index contributed by atoms with van der Waals surface area (Å²) in [6.45, 7) is 0. The number of hydrogen-bond donors (Lipinski definition) is 2. The van der Waals surface area contributed by atoms with Gasteiger partial charge in [-0.2, -0.15) is 0 Å². The predicted molar refractivity (Wildman–Crippen MR) is 64.1 cm³/mol. The van der Waals surface area contributed by atoms with Crippen molar-refractivity contribution >= 4 is 17.3 Å². The van der Waals surface area contributed by atoms with Crippen molar-refractivity contribution in [3.05, 3.63) is 30.2 Å². The van der Waals surface area contributed by atoms with Crippen molar-refractivity contribution < 1.29 is 9.90 Å². The molecule has 6 nitrogen and oxygen atoms in total. The zero-order valence-electron chi connectivity index (χ0n) is 9.66. The minimum absolute atomic E-state index is 0.376. The second kappa shape index (κ2) is 4.06. The van der Waals surface area contributed by atoms with Crippen molar-refractivity contribution in [1.82, 2.24) is 9.38 Å². The number of nitrogens with two attached hydrogens (primary N) is 1. The number of imidazole rings is 1. The minimum Gasteiger partial charge on any atom is -0.480 e. The van der Waals surface area contributed by atoms with Gasteiger partial charge < -0.3 is 15.7 Å². The Morgan fingerprint density at radius 2 is 2.24 bits per heavy atom. The van der Waals surface area contributed by atoms with Gasteiger partial charge in [0.25, 0.3) is 0 Å². The fraction of sp³-hybridized carbons (Fsp3) is 0.273. The Hall–Kier alpha value is -2.08. The highest BCUT2D eigenvalue weighted by molar-refractivity contribution is 5.78. The van der Waals surface area contributed by atoms with Crippen molar-refractivity contribution in [3.8, 4) is 0 Å². The third-order valence-corrected chi connectivity index (χ3v) is 2.60. The lowest BCUT2D eigenvalue weighted by atomic mass is 10.2. The molecule has 2 heterocycles. The van der Waals surface area contributed by atoms with Crippen molar-refractivity contribution in [2.24, 2.45) is 5.73 Å². The molecule has 6 heteroatoms. The highest BCUT2D eigenvalue weighted by Gasteiger charge is 2.20. The van der Waals surface area contributed by atoms with E-state index in [1.165, 1.54) is 0 Å². The molecule has 0 saturated heterocycles. The first-order valence-electron chi connectivity index (χ1n) is 5.14. The van der Waals surface area contributed by atoms with Gasteiger partial charge >= 0.3 is 5.97 Å². The lowest BCUT2D eigenvalue weighted by molar-refractivity contribution is -0.138. The number of nitrogens with zero attached hydrogens (tertiary/aromatic N) is 3. The average Bonchev–Trinajstić information content (AvgIpc) is 2.70. The van der Waals surface area contributed by atoms with E-state index in [9.17, 15) is 4.79 Å². The summed E-state index contributed by atoms with van der Waals surface area (Å²) in [6, 6.07) is 4.48. The molecule has 0 aromatic carbocycles. The number of carboxylic acid groups (broad SMARTS) is 1. The van der Waals surface area contributed by atoms with Crippen LogP contribution in [0.4, 0.5) is 5.82 Å². The molecule has 1 atom stereocenters. The molecule has 0 aliphatic carbocycles. The van der Waals surface area contributed by atoms with Crippen molar-refractivity contribution in [3.63, 3.8) is 0 Å². The third kappa shape index (κ3) is 1.83. The molecule has 3 N–H and O–H groups in total. The van der Waals surface area contributed by atoms with Crippen LogP contribution in [0.5, 0.6) is 0 Å². The van der Waals surface area contributed by atoms with Gasteiger partial charge in [-0.15, -0.1) is 0 Å². The van der Waals surface area contributed by atoms with Gasteiger partial charge in [0.2, 0.25) is 0 Å². The molecule has 2 rings (SSSR count). The summed E-state index contributed by atoms with van der Waals surface area (Å²) in [5, 5.41) is 8.91. The molecule has 0 aliphatic heterocycles. The van der Waals surface area contributed by atoms with Gasteiger partial charge in [-0.25, -0.2) is 4.98 Å². The van der Waals surface area contributed by atoms with E-state index in [1.807, 2.05) is 35.5 Å². The molecule has 90 valence electrons. The number of carboxylic acids is 1. The summed E-state index contributed by atoms with van der Waals surface area (Å²) >= 11 is 0. The standard InChI is InChI=1S/C11H14N4O2/c1-14(2)8-5-3-4-7-10(9(12)11(16)17)13-6-15(7)8/h3-6,9H,12H2,1-2H3,(H,16,17). The zero-order valence-corrected chi connectivity index (χ0v) is 9.66. The molecule has 0 amide bonds. The van der Waals surface area contributed by atoms with Crippen LogP contribution in [0.1, 0.15) is 11.7 Å². The molecule has 0 aliphatic rings. The largest absolute Gasteiger partial charge is 0.480 e. The van der Waals surface area contributed by atoms with E-state index in [0.29, 0.717) is 11.2 Å². The van der Waals surface area contributed by atoms with E-state index < -0.39 is 12.0 Å². The lowest BCUT2D eigenvalue weighted by Gasteiger charge is -2.14. The number of carbonyl (C=O) groups is 1. The summed E-state index contributed by atoms with van der Waals surface area (Å²) < 4.78 is 1.82. The van der Waals surface area contributed by atoms with Gasteiger partial charge in [-0.3, -0.25) is 9.20 Å². The van der Waals surface area contributed by atoms with Gasteiger partial charge in [-0.05, 0) is 12.1 Å². The molecular formula is C11H14N4O2. The van der Waals surface area contributed by atoms with Crippen LogP contribution in [-0.2, 0) is 4.79 Å². The van der Waals surface area contributed by atoms with Crippen molar-refractivity contribution in [2.45, 2.75) is 6.04 Å². The van der Waals surface area contributed by atoms with Crippen LogP contribution in [0.2, 0.25) is 0 Å². The molecule has 0 saturated carbocycles. The first-order chi connectivity index (χ1) is 8.02. The highest BCUT2D eigenvalue weighted by Crippen LogP contribution is 2.21. The van der Waals surface area contributed by atoms with Gasteiger partial charge in [0.1, 0.15) is 18.2 Å². The number of anilines is 1. The minimum atomic E-state index is -1.10. The fourth-order valence-electron chi connectivity index (χ4n) is 1.75.